The molecule has 1 unspecified atom stereocenters. The normalized spacial score (nSPS) is 12.6. The Labute approximate surface area is 94.4 Å². The van der Waals surface area contributed by atoms with Gasteiger partial charge < -0.3 is 5.11 Å². The van der Waals surface area contributed by atoms with Gasteiger partial charge in [-0.25, -0.2) is 4.79 Å². The van der Waals surface area contributed by atoms with Crippen LogP contribution in [0.15, 0.2) is 42.5 Å². The van der Waals surface area contributed by atoms with Crippen LogP contribution in [0.5, 0.6) is 0 Å². The summed E-state index contributed by atoms with van der Waals surface area (Å²) in [7, 11) is 0. The number of rotatable bonds is 5. The van der Waals surface area contributed by atoms with Crippen molar-refractivity contribution in [2.24, 2.45) is 0 Å². The molecule has 1 N–H and O–H groups in total. The molecule has 1 aromatic rings. The molecule has 0 bridgehead atoms. The molecule has 1 rings (SSSR count). The third-order valence-corrected chi connectivity index (χ3v) is 2.34. The average molecular weight is 218 g/mol. The Morgan fingerprint density at radius 3 is 2.44 bits per heavy atom. The first-order valence-electron chi connectivity index (χ1n) is 5.10. The second kappa shape index (κ2) is 5.85. The number of carbonyl (C=O) groups is 2. The Hall–Kier alpha value is -1.90. The zero-order chi connectivity index (χ0) is 12.0. The van der Waals surface area contributed by atoms with Crippen molar-refractivity contribution in [2.45, 2.75) is 19.3 Å². The topological polar surface area (TPSA) is 54.4 Å². The maximum Gasteiger partial charge on any atom is 0.372 e. The molecule has 3 nitrogen and oxygen atoms in total. The highest BCUT2D eigenvalue weighted by atomic mass is 16.4. The van der Waals surface area contributed by atoms with Crippen molar-refractivity contribution in [1.82, 2.24) is 0 Å². The zero-order valence-corrected chi connectivity index (χ0v) is 9.09. The van der Waals surface area contributed by atoms with Crippen LogP contribution >= 0.6 is 0 Å². The predicted octanol–water partition coefficient (Wildman–Crippen LogP) is 2.39. The van der Waals surface area contributed by atoms with E-state index < -0.39 is 17.7 Å². The minimum atomic E-state index is -1.38. The largest absolute Gasteiger partial charge is 0.475 e. The predicted molar refractivity (Wildman–Crippen MR) is 61.3 cm³/mol. The number of carboxylic acids is 1. The molecule has 1 aromatic carbocycles. The minimum Gasteiger partial charge on any atom is -0.475 e. The molecule has 0 heterocycles. The van der Waals surface area contributed by atoms with Gasteiger partial charge in [0.15, 0.2) is 0 Å². The molecule has 0 aliphatic rings. The molecule has 84 valence electrons. The third kappa shape index (κ3) is 3.05. The monoisotopic (exact) mass is 218 g/mol. The molecule has 0 spiro atoms. The first-order valence-corrected chi connectivity index (χ1v) is 5.10. The first-order chi connectivity index (χ1) is 7.66. The molecule has 0 aliphatic carbocycles. The number of hydrogen-bond donors (Lipinski definition) is 1. The van der Waals surface area contributed by atoms with E-state index in [9.17, 15) is 9.59 Å². The fourth-order valence-electron chi connectivity index (χ4n) is 1.50. The number of Topliss-reactive ketones (excluding diaryl/α,β-unsaturated/α-hetero) is 1. The van der Waals surface area contributed by atoms with Gasteiger partial charge in [0.1, 0.15) is 0 Å². The van der Waals surface area contributed by atoms with Gasteiger partial charge in [-0.2, -0.15) is 0 Å². The molecule has 1 atom stereocenters. The quantitative estimate of drug-likeness (QED) is 0.609. The SMILES string of the molecule is C/C=C/CC(C(=O)C(=O)O)c1ccccc1. The molecule has 0 fully saturated rings. The first kappa shape index (κ1) is 12.2. The highest BCUT2D eigenvalue weighted by molar-refractivity contribution is 6.35. The number of allylic oxidation sites excluding steroid dienone is 2. The summed E-state index contributed by atoms with van der Waals surface area (Å²) >= 11 is 0. The Morgan fingerprint density at radius 1 is 1.31 bits per heavy atom. The Kier molecular flexibility index (Phi) is 4.45. The number of carbonyl (C=O) groups excluding carboxylic acids is 1. The van der Waals surface area contributed by atoms with Gasteiger partial charge in [0.05, 0.1) is 5.92 Å². The number of carboxylic acid groups (broad SMARTS) is 1. The second-order valence-electron chi connectivity index (χ2n) is 3.44. The van der Waals surface area contributed by atoms with Gasteiger partial charge in [-0.05, 0) is 18.9 Å². The maximum absolute atomic E-state index is 11.5. The summed E-state index contributed by atoms with van der Waals surface area (Å²) in [5, 5.41) is 8.74. The van der Waals surface area contributed by atoms with Crippen LogP contribution < -0.4 is 0 Å². The Balaban J connectivity index is 2.96. The van der Waals surface area contributed by atoms with Gasteiger partial charge in [0.25, 0.3) is 0 Å². The molecule has 0 amide bonds. The zero-order valence-electron chi connectivity index (χ0n) is 9.09. The van der Waals surface area contributed by atoms with Gasteiger partial charge >= 0.3 is 5.97 Å². The van der Waals surface area contributed by atoms with Crippen molar-refractivity contribution < 1.29 is 14.7 Å². The summed E-state index contributed by atoms with van der Waals surface area (Å²) in [4.78, 5) is 22.2. The van der Waals surface area contributed by atoms with Crippen LogP contribution in [0, 0.1) is 0 Å². The smallest absolute Gasteiger partial charge is 0.372 e. The third-order valence-electron chi connectivity index (χ3n) is 2.34. The van der Waals surface area contributed by atoms with Crippen molar-refractivity contribution in [3.8, 4) is 0 Å². The maximum atomic E-state index is 11.5. The highest BCUT2D eigenvalue weighted by Crippen LogP contribution is 2.21. The van der Waals surface area contributed by atoms with E-state index in [4.69, 9.17) is 5.11 Å². The van der Waals surface area contributed by atoms with Crippen LogP contribution in [0.25, 0.3) is 0 Å². The lowest BCUT2D eigenvalue weighted by molar-refractivity contribution is -0.149. The molecule has 16 heavy (non-hydrogen) atoms. The van der Waals surface area contributed by atoms with Crippen LogP contribution in [0.3, 0.4) is 0 Å². The van der Waals surface area contributed by atoms with Crippen LogP contribution in [0.2, 0.25) is 0 Å². The number of hydrogen-bond acceptors (Lipinski definition) is 2. The van der Waals surface area contributed by atoms with E-state index in [1.807, 2.05) is 19.1 Å². The molecule has 0 aromatic heterocycles. The number of aliphatic carboxylic acids is 1. The number of ketones is 1. The molecular formula is C13H14O3. The number of benzene rings is 1. The fourth-order valence-corrected chi connectivity index (χ4v) is 1.50. The lowest BCUT2D eigenvalue weighted by Crippen LogP contribution is -2.21. The summed E-state index contributed by atoms with van der Waals surface area (Å²) in [6.45, 7) is 1.84. The fraction of sp³-hybridized carbons (Fsp3) is 0.231. The molecule has 0 radical (unpaired) electrons. The minimum absolute atomic E-state index is 0.422. The van der Waals surface area contributed by atoms with Crippen molar-refractivity contribution in [2.75, 3.05) is 0 Å². The lowest BCUT2D eigenvalue weighted by atomic mass is 9.91. The van der Waals surface area contributed by atoms with Gasteiger partial charge in [-0.15, -0.1) is 0 Å². The summed E-state index contributed by atoms with van der Waals surface area (Å²) in [5.74, 6) is -2.72. The van der Waals surface area contributed by atoms with Crippen LogP contribution in [0.1, 0.15) is 24.8 Å². The van der Waals surface area contributed by atoms with Gasteiger partial charge in [-0.1, -0.05) is 42.5 Å². The van der Waals surface area contributed by atoms with Crippen LogP contribution in [0.4, 0.5) is 0 Å². The van der Waals surface area contributed by atoms with E-state index in [0.29, 0.717) is 6.42 Å². The molecule has 0 saturated heterocycles. The van der Waals surface area contributed by atoms with Gasteiger partial charge in [-0.3, -0.25) is 4.79 Å². The van der Waals surface area contributed by atoms with Crippen molar-refractivity contribution in [3.63, 3.8) is 0 Å². The summed E-state index contributed by atoms with van der Waals surface area (Å²) in [5.41, 5.74) is 0.744. The van der Waals surface area contributed by atoms with E-state index in [0.717, 1.165) is 5.56 Å². The second-order valence-corrected chi connectivity index (χ2v) is 3.44. The van der Waals surface area contributed by atoms with E-state index in [2.05, 4.69) is 0 Å². The standard InChI is InChI=1S/C13H14O3/c1-2-3-9-11(12(14)13(15)16)10-7-5-4-6-8-10/h2-8,11H,9H2,1H3,(H,15,16)/b3-2+. The molecular weight excluding hydrogens is 204 g/mol. The van der Waals surface area contributed by atoms with Crippen molar-refractivity contribution in [1.29, 1.82) is 0 Å². The van der Waals surface area contributed by atoms with Crippen LogP contribution in [-0.2, 0) is 9.59 Å². The van der Waals surface area contributed by atoms with Gasteiger partial charge in [0.2, 0.25) is 5.78 Å². The lowest BCUT2D eigenvalue weighted by Gasteiger charge is -2.11. The molecule has 0 saturated carbocycles. The Bertz CT molecular complexity index is 393. The van der Waals surface area contributed by atoms with E-state index >= 15 is 0 Å². The van der Waals surface area contributed by atoms with Gasteiger partial charge in [0, 0.05) is 0 Å². The molecule has 3 heteroatoms. The average Bonchev–Trinajstić information content (AvgIpc) is 2.30. The van der Waals surface area contributed by atoms with E-state index in [1.54, 1.807) is 30.3 Å². The van der Waals surface area contributed by atoms with E-state index in [-0.39, 0.29) is 0 Å². The van der Waals surface area contributed by atoms with E-state index in [1.165, 1.54) is 0 Å². The summed E-state index contributed by atoms with van der Waals surface area (Å²) < 4.78 is 0. The molecule has 0 aliphatic heterocycles. The van der Waals surface area contributed by atoms with Crippen molar-refractivity contribution >= 4 is 11.8 Å². The summed E-state index contributed by atoms with van der Waals surface area (Å²) in [6.07, 6.45) is 4.04. The summed E-state index contributed by atoms with van der Waals surface area (Å²) in [6, 6.07) is 8.98. The van der Waals surface area contributed by atoms with Crippen LogP contribution in [-0.4, -0.2) is 16.9 Å². The van der Waals surface area contributed by atoms with Crippen molar-refractivity contribution in [3.05, 3.63) is 48.0 Å². The highest BCUT2D eigenvalue weighted by Gasteiger charge is 2.24. The Morgan fingerprint density at radius 2 is 1.94 bits per heavy atom.